The van der Waals surface area contributed by atoms with Gasteiger partial charge in [-0.3, -0.25) is 14.5 Å². The van der Waals surface area contributed by atoms with Gasteiger partial charge in [-0.15, -0.1) is 0 Å². The van der Waals surface area contributed by atoms with E-state index in [-0.39, 0.29) is 12.3 Å². The Labute approximate surface area is 199 Å². The number of ether oxygens (including phenoxy) is 2. The SMILES string of the molecule is CC(C)CCNC(=O)c1ccc(OC(=O)N2CCCCC2Oc2ccccc2CC(=O)O)cc1. The Morgan fingerprint density at radius 2 is 1.82 bits per heavy atom. The lowest BCUT2D eigenvalue weighted by molar-refractivity contribution is -0.136. The summed E-state index contributed by atoms with van der Waals surface area (Å²) in [6, 6.07) is 13.4. The van der Waals surface area contributed by atoms with Crippen molar-refractivity contribution in [2.24, 2.45) is 5.92 Å². The quantitative estimate of drug-likeness (QED) is 0.562. The van der Waals surface area contributed by atoms with Crippen molar-refractivity contribution in [2.45, 2.75) is 52.2 Å². The van der Waals surface area contributed by atoms with Crippen molar-refractivity contribution in [3.8, 4) is 11.5 Å². The predicted octanol–water partition coefficient (Wildman–Crippen LogP) is 4.48. The Morgan fingerprint density at radius 1 is 1.09 bits per heavy atom. The lowest BCUT2D eigenvalue weighted by Gasteiger charge is -2.35. The zero-order valence-corrected chi connectivity index (χ0v) is 19.7. The van der Waals surface area contributed by atoms with Crippen LogP contribution in [0.1, 0.15) is 55.5 Å². The van der Waals surface area contributed by atoms with Crippen molar-refractivity contribution in [3.05, 3.63) is 59.7 Å². The van der Waals surface area contributed by atoms with E-state index in [0.717, 1.165) is 19.3 Å². The molecule has 1 saturated heterocycles. The van der Waals surface area contributed by atoms with Crippen LogP contribution in [0.5, 0.6) is 11.5 Å². The Balaban J connectivity index is 1.62. The second-order valence-corrected chi connectivity index (χ2v) is 8.77. The molecule has 1 fully saturated rings. The van der Waals surface area contributed by atoms with E-state index in [2.05, 4.69) is 19.2 Å². The molecule has 0 aromatic heterocycles. The number of carbonyl (C=O) groups is 3. The van der Waals surface area contributed by atoms with Gasteiger partial charge in [0.15, 0.2) is 6.23 Å². The molecule has 1 atom stereocenters. The summed E-state index contributed by atoms with van der Waals surface area (Å²) >= 11 is 0. The number of nitrogens with zero attached hydrogens (tertiary/aromatic N) is 1. The predicted molar refractivity (Wildman–Crippen MR) is 127 cm³/mol. The molecule has 0 radical (unpaired) electrons. The molecule has 2 N–H and O–H groups in total. The van der Waals surface area contributed by atoms with Crippen LogP contribution in [0.2, 0.25) is 0 Å². The number of carbonyl (C=O) groups excluding carboxylic acids is 2. The average molecular weight is 469 g/mol. The third-order valence-corrected chi connectivity index (χ3v) is 5.59. The van der Waals surface area contributed by atoms with Gasteiger partial charge in [-0.05, 0) is 55.5 Å². The summed E-state index contributed by atoms with van der Waals surface area (Å²) < 4.78 is 11.6. The van der Waals surface area contributed by atoms with E-state index in [0.29, 0.717) is 48.1 Å². The standard InChI is InChI=1S/C26H32N2O6/c1-18(2)14-15-27-25(31)19-10-12-21(13-11-19)33-26(32)28-16-6-5-9-23(28)34-22-8-4-3-7-20(22)17-24(29)30/h3-4,7-8,10-13,18,23H,5-6,9,14-17H2,1-2H3,(H,27,31)(H,29,30). The molecule has 0 bridgehead atoms. The molecule has 2 aromatic carbocycles. The second kappa shape index (κ2) is 12.1. The summed E-state index contributed by atoms with van der Waals surface area (Å²) in [6.07, 6.45) is 1.96. The number of para-hydroxylation sites is 1. The van der Waals surface area contributed by atoms with Crippen LogP contribution in [-0.2, 0) is 11.2 Å². The molecule has 0 saturated carbocycles. The Morgan fingerprint density at radius 3 is 2.53 bits per heavy atom. The van der Waals surface area contributed by atoms with Crippen LogP contribution in [0.25, 0.3) is 0 Å². The number of likely N-dealkylation sites (tertiary alicyclic amines) is 1. The Bertz CT molecular complexity index is 989. The van der Waals surface area contributed by atoms with E-state index >= 15 is 0 Å². The zero-order chi connectivity index (χ0) is 24.5. The number of benzene rings is 2. The lowest BCUT2D eigenvalue weighted by atomic mass is 10.1. The van der Waals surface area contributed by atoms with E-state index in [9.17, 15) is 14.4 Å². The van der Waals surface area contributed by atoms with Crippen LogP contribution in [0.15, 0.2) is 48.5 Å². The van der Waals surface area contributed by atoms with Crippen LogP contribution in [-0.4, -0.2) is 47.3 Å². The molecule has 1 aliphatic rings. The van der Waals surface area contributed by atoms with Gasteiger partial charge in [0.1, 0.15) is 11.5 Å². The number of hydrogen-bond donors (Lipinski definition) is 2. The summed E-state index contributed by atoms with van der Waals surface area (Å²) in [5, 5.41) is 12.0. The normalized spacial score (nSPS) is 15.6. The van der Waals surface area contributed by atoms with Gasteiger partial charge in [-0.1, -0.05) is 32.0 Å². The number of carboxylic acids is 1. The van der Waals surface area contributed by atoms with E-state index in [4.69, 9.17) is 14.6 Å². The van der Waals surface area contributed by atoms with E-state index in [1.165, 1.54) is 4.90 Å². The van der Waals surface area contributed by atoms with Gasteiger partial charge in [0.05, 0.1) is 6.42 Å². The van der Waals surface area contributed by atoms with Gasteiger partial charge in [0.25, 0.3) is 5.91 Å². The fourth-order valence-electron chi connectivity index (χ4n) is 3.72. The van der Waals surface area contributed by atoms with Gasteiger partial charge in [-0.2, -0.15) is 0 Å². The minimum absolute atomic E-state index is 0.162. The molecule has 0 spiro atoms. The molecule has 2 aromatic rings. The van der Waals surface area contributed by atoms with Crippen molar-refractivity contribution in [2.75, 3.05) is 13.1 Å². The van der Waals surface area contributed by atoms with Crippen LogP contribution in [0.3, 0.4) is 0 Å². The maximum atomic E-state index is 12.9. The van der Waals surface area contributed by atoms with Gasteiger partial charge in [0, 0.05) is 30.6 Å². The first kappa shape index (κ1) is 25.1. The monoisotopic (exact) mass is 468 g/mol. The number of carboxylic acid groups (broad SMARTS) is 1. The van der Waals surface area contributed by atoms with Crippen molar-refractivity contribution in [1.29, 1.82) is 0 Å². The fraction of sp³-hybridized carbons (Fsp3) is 0.423. The van der Waals surface area contributed by atoms with Crippen LogP contribution >= 0.6 is 0 Å². The van der Waals surface area contributed by atoms with Crippen LogP contribution in [0, 0.1) is 5.92 Å². The summed E-state index contributed by atoms with van der Waals surface area (Å²) in [5.74, 6) is 0.174. The molecule has 0 aliphatic carbocycles. The minimum atomic E-state index is -0.951. The number of nitrogens with one attached hydrogen (secondary N) is 1. The molecule has 3 rings (SSSR count). The molecule has 8 heteroatoms. The first-order valence-corrected chi connectivity index (χ1v) is 11.7. The first-order valence-electron chi connectivity index (χ1n) is 11.7. The third-order valence-electron chi connectivity index (χ3n) is 5.59. The molecule has 1 aliphatic heterocycles. The maximum Gasteiger partial charge on any atom is 0.418 e. The van der Waals surface area contributed by atoms with Crippen molar-refractivity contribution in [3.63, 3.8) is 0 Å². The molecule has 2 amide bonds. The lowest BCUT2D eigenvalue weighted by Crippen LogP contribution is -2.48. The van der Waals surface area contributed by atoms with E-state index in [1.807, 2.05) is 0 Å². The smallest absolute Gasteiger partial charge is 0.418 e. The minimum Gasteiger partial charge on any atom is -0.481 e. The average Bonchev–Trinajstić information content (AvgIpc) is 2.80. The number of hydrogen-bond acceptors (Lipinski definition) is 5. The molecule has 8 nitrogen and oxygen atoms in total. The first-order chi connectivity index (χ1) is 16.3. The molecular formula is C26H32N2O6. The highest BCUT2D eigenvalue weighted by Crippen LogP contribution is 2.26. The van der Waals surface area contributed by atoms with Gasteiger partial charge in [-0.25, -0.2) is 4.79 Å². The number of rotatable bonds is 9. The van der Waals surface area contributed by atoms with Crippen molar-refractivity contribution in [1.82, 2.24) is 10.2 Å². The van der Waals surface area contributed by atoms with Gasteiger partial charge < -0.3 is 19.9 Å². The molecule has 1 heterocycles. The largest absolute Gasteiger partial charge is 0.481 e. The van der Waals surface area contributed by atoms with Crippen LogP contribution < -0.4 is 14.8 Å². The van der Waals surface area contributed by atoms with E-state index < -0.39 is 18.3 Å². The zero-order valence-electron chi connectivity index (χ0n) is 19.7. The van der Waals surface area contributed by atoms with Crippen molar-refractivity contribution >= 4 is 18.0 Å². The van der Waals surface area contributed by atoms with Crippen molar-refractivity contribution < 1.29 is 29.0 Å². The molecule has 1 unspecified atom stereocenters. The summed E-state index contributed by atoms with van der Waals surface area (Å²) in [7, 11) is 0. The topological polar surface area (TPSA) is 105 Å². The third kappa shape index (κ3) is 7.23. The second-order valence-electron chi connectivity index (χ2n) is 8.77. The molecular weight excluding hydrogens is 436 g/mol. The fourth-order valence-corrected chi connectivity index (χ4v) is 3.72. The number of piperidine rings is 1. The van der Waals surface area contributed by atoms with E-state index in [1.54, 1.807) is 48.5 Å². The van der Waals surface area contributed by atoms with Gasteiger partial charge >= 0.3 is 12.1 Å². The Hall–Kier alpha value is -3.55. The Kier molecular flexibility index (Phi) is 8.90. The summed E-state index contributed by atoms with van der Waals surface area (Å²) in [4.78, 5) is 37.8. The molecule has 182 valence electrons. The molecule has 34 heavy (non-hydrogen) atoms. The number of aliphatic carboxylic acids is 1. The summed E-state index contributed by atoms with van der Waals surface area (Å²) in [6.45, 7) is 5.28. The highest BCUT2D eigenvalue weighted by Gasteiger charge is 2.30. The van der Waals surface area contributed by atoms with Crippen LogP contribution in [0.4, 0.5) is 4.79 Å². The highest BCUT2D eigenvalue weighted by molar-refractivity contribution is 5.94. The number of amides is 2. The summed E-state index contributed by atoms with van der Waals surface area (Å²) in [5.41, 5.74) is 1.05. The highest BCUT2D eigenvalue weighted by atomic mass is 16.6. The van der Waals surface area contributed by atoms with Gasteiger partial charge in [0.2, 0.25) is 0 Å². The maximum absolute atomic E-state index is 12.9.